The lowest BCUT2D eigenvalue weighted by Crippen LogP contribution is -2.58. The van der Waals surface area contributed by atoms with Crippen LogP contribution in [0.4, 0.5) is 0 Å². The third-order valence-electron chi connectivity index (χ3n) is 10.2. The molecule has 0 radical (unpaired) electrons. The summed E-state index contributed by atoms with van der Waals surface area (Å²) in [6, 6.07) is 0. The van der Waals surface area contributed by atoms with E-state index >= 15 is 0 Å². The monoisotopic (exact) mass is 392 g/mol. The number of hydrogen-bond donors (Lipinski definition) is 3. The summed E-state index contributed by atoms with van der Waals surface area (Å²) in [5.41, 5.74) is 0.523. The molecular weight excluding hydrogens is 352 g/mol. The van der Waals surface area contributed by atoms with Crippen LogP contribution < -0.4 is 0 Å². The molecule has 0 aromatic rings. The van der Waals surface area contributed by atoms with Crippen LogP contribution in [-0.2, 0) is 4.79 Å². The number of rotatable bonds is 4. The molecule has 0 aliphatic heterocycles. The Labute approximate surface area is 170 Å². The predicted molar refractivity (Wildman–Crippen MR) is 109 cm³/mol. The Kier molecular flexibility index (Phi) is 5.36. The maximum absolute atomic E-state index is 11.2. The molecule has 0 aromatic carbocycles. The molecule has 0 aromatic heterocycles. The molecule has 4 rings (SSSR count). The summed E-state index contributed by atoms with van der Waals surface area (Å²) < 4.78 is 0. The van der Waals surface area contributed by atoms with E-state index < -0.39 is 5.97 Å². The molecule has 0 spiro atoms. The number of hydrogen-bond acceptors (Lipinski definition) is 3. The summed E-state index contributed by atoms with van der Waals surface area (Å²) in [5, 5.41) is 30.5. The van der Waals surface area contributed by atoms with Crippen LogP contribution in [-0.4, -0.2) is 33.5 Å². The second kappa shape index (κ2) is 7.27. The Morgan fingerprint density at radius 1 is 1.00 bits per heavy atom. The molecule has 0 amide bonds. The molecule has 0 unspecified atom stereocenters. The molecule has 28 heavy (non-hydrogen) atoms. The molecular formula is C24H40O4. The second-order valence-electron chi connectivity index (χ2n) is 11.4. The van der Waals surface area contributed by atoms with Gasteiger partial charge in [-0.1, -0.05) is 20.8 Å². The zero-order chi connectivity index (χ0) is 20.3. The Morgan fingerprint density at radius 2 is 1.68 bits per heavy atom. The van der Waals surface area contributed by atoms with E-state index in [9.17, 15) is 15.0 Å². The summed E-state index contributed by atoms with van der Waals surface area (Å²) in [6.45, 7) is 7.16. The van der Waals surface area contributed by atoms with Crippen LogP contribution in [0.5, 0.6) is 0 Å². The average Bonchev–Trinajstić information content (AvgIpc) is 2.98. The van der Waals surface area contributed by atoms with Gasteiger partial charge in [0.25, 0.3) is 0 Å². The van der Waals surface area contributed by atoms with E-state index in [0.29, 0.717) is 35.5 Å². The lowest BCUT2D eigenvalue weighted by atomic mass is 9.43. The smallest absolute Gasteiger partial charge is 0.303 e. The molecule has 3 N–H and O–H groups in total. The Hall–Kier alpha value is -0.610. The SMILES string of the molecule is C[C@H](CCC(=O)O)[C@H]1CC[C@H]2[C@H]3[C@@H](CC[C@]12C)[C@]1(C)CC[C@@H](O)C[C@H]1C[C@@H]3O. The fourth-order valence-electron chi connectivity index (χ4n) is 8.73. The summed E-state index contributed by atoms with van der Waals surface area (Å²) >= 11 is 0. The molecule has 4 heteroatoms. The quantitative estimate of drug-likeness (QED) is 0.659. The van der Waals surface area contributed by atoms with Crippen molar-refractivity contribution in [1.82, 2.24) is 0 Å². The van der Waals surface area contributed by atoms with Crippen LogP contribution >= 0.6 is 0 Å². The van der Waals surface area contributed by atoms with Crippen LogP contribution in [0, 0.1) is 46.3 Å². The van der Waals surface area contributed by atoms with Gasteiger partial charge in [-0.15, -0.1) is 0 Å². The highest BCUT2D eigenvalue weighted by molar-refractivity contribution is 5.66. The molecule has 0 heterocycles. The lowest BCUT2D eigenvalue weighted by molar-refractivity contribution is -0.174. The highest BCUT2D eigenvalue weighted by atomic mass is 16.4. The summed E-state index contributed by atoms with van der Waals surface area (Å²) in [7, 11) is 0. The van der Waals surface area contributed by atoms with Crippen molar-refractivity contribution >= 4 is 5.97 Å². The van der Waals surface area contributed by atoms with E-state index in [1.165, 1.54) is 25.7 Å². The minimum absolute atomic E-state index is 0.179. The van der Waals surface area contributed by atoms with E-state index in [0.717, 1.165) is 32.1 Å². The molecule has 0 bridgehead atoms. The summed E-state index contributed by atoms with van der Waals surface area (Å²) in [4.78, 5) is 11.1. The van der Waals surface area contributed by atoms with Crippen LogP contribution in [0.2, 0.25) is 0 Å². The van der Waals surface area contributed by atoms with Gasteiger partial charge in [0.05, 0.1) is 12.2 Å². The molecule has 4 aliphatic rings. The van der Waals surface area contributed by atoms with Crippen LogP contribution in [0.25, 0.3) is 0 Å². The van der Waals surface area contributed by atoms with Gasteiger partial charge in [0.2, 0.25) is 0 Å². The highest BCUT2D eigenvalue weighted by Gasteiger charge is 2.62. The standard InChI is InChI=1S/C24H40O4/c1-14(4-7-21(27)28)17-5-6-18-22-19(9-11-24(17,18)3)23(2)10-8-16(25)12-15(23)13-20(22)26/h14-20,22,25-26H,4-13H2,1-3H3,(H,27,28)/t14-,15+,16-,17-,18+,19-,20+,22+,23-,24-/m1/s1. The molecule has 4 saturated carbocycles. The van der Waals surface area contributed by atoms with Gasteiger partial charge in [-0.25, -0.2) is 0 Å². The van der Waals surface area contributed by atoms with Gasteiger partial charge in [-0.05, 0) is 104 Å². The van der Waals surface area contributed by atoms with Gasteiger partial charge >= 0.3 is 5.97 Å². The normalized spacial score (nSPS) is 51.7. The second-order valence-corrected chi connectivity index (χ2v) is 11.4. The van der Waals surface area contributed by atoms with Crippen LogP contribution in [0.15, 0.2) is 0 Å². The maximum Gasteiger partial charge on any atom is 0.303 e. The van der Waals surface area contributed by atoms with E-state index in [-0.39, 0.29) is 29.5 Å². The first-order chi connectivity index (χ1) is 13.2. The molecule has 160 valence electrons. The van der Waals surface area contributed by atoms with Crippen molar-refractivity contribution < 1.29 is 20.1 Å². The van der Waals surface area contributed by atoms with E-state index in [2.05, 4.69) is 20.8 Å². The molecule has 4 nitrogen and oxygen atoms in total. The minimum Gasteiger partial charge on any atom is -0.481 e. The number of carboxylic acids is 1. The largest absolute Gasteiger partial charge is 0.481 e. The van der Waals surface area contributed by atoms with E-state index in [1.807, 2.05) is 0 Å². The minimum atomic E-state index is -0.684. The fourth-order valence-corrected chi connectivity index (χ4v) is 8.73. The molecule has 0 saturated heterocycles. The van der Waals surface area contributed by atoms with Gasteiger partial charge in [0.15, 0.2) is 0 Å². The lowest BCUT2D eigenvalue weighted by Gasteiger charge is -2.62. The van der Waals surface area contributed by atoms with Gasteiger partial charge in [-0.3, -0.25) is 4.79 Å². The van der Waals surface area contributed by atoms with Crippen molar-refractivity contribution in [2.24, 2.45) is 46.3 Å². The number of aliphatic hydroxyl groups excluding tert-OH is 2. The Morgan fingerprint density at radius 3 is 2.39 bits per heavy atom. The topological polar surface area (TPSA) is 77.8 Å². The number of aliphatic hydroxyl groups is 2. The van der Waals surface area contributed by atoms with Crippen LogP contribution in [0.3, 0.4) is 0 Å². The van der Waals surface area contributed by atoms with Crippen molar-refractivity contribution in [3.05, 3.63) is 0 Å². The van der Waals surface area contributed by atoms with E-state index in [1.54, 1.807) is 0 Å². The van der Waals surface area contributed by atoms with Crippen molar-refractivity contribution in [2.45, 2.75) is 97.2 Å². The Bertz CT molecular complexity index is 605. The third-order valence-corrected chi connectivity index (χ3v) is 10.2. The van der Waals surface area contributed by atoms with Gasteiger partial charge in [0, 0.05) is 6.42 Å². The zero-order valence-electron chi connectivity index (χ0n) is 17.9. The molecule has 10 atom stereocenters. The first kappa shape index (κ1) is 20.7. The summed E-state index contributed by atoms with van der Waals surface area (Å²) in [5.74, 6) is 2.36. The average molecular weight is 393 g/mol. The van der Waals surface area contributed by atoms with Crippen molar-refractivity contribution in [1.29, 1.82) is 0 Å². The number of carboxylic acid groups (broad SMARTS) is 1. The zero-order valence-corrected chi connectivity index (χ0v) is 17.9. The van der Waals surface area contributed by atoms with Crippen molar-refractivity contribution in [3.63, 3.8) is 0 Å². The fraction of sp³-hybridized carbons (Fsp3) is 0.958. The predicted octanol–water partition coefficient (Wildman–Crippen LogP) is 4.48. The first-order valence-electron chi connectivity index (χ1n) is 11.7. The molecule has 4 fully saturated rings. The van der Waals surface area contributed by atoms with Gasteiger partial charge in [0.1, 0.15) is 0 Å². The van der Waals surface area contributed by atoms with Gasteiger partial charge < -0.3 is 15.3 Å². The van der Waals surface area contributed by atoms with Crippen LogP contribution in [0.1, 0.15) is 85.0 Å². The van der Waals surface area contributed by atoms with Crippen molar-refractivity contribution in [2.75, 3.05) is 0 Å². The molecule has 4 aliphatic carbocycles. The third kappa shape index (κ3) is 3.14. The summed E-state index contributed by atoms with van der Waals surface area (Å²) in [6.07, 6.45) is 9.19. The van der Waals surface area contributed by atoms with E-state index in [4.69, 9.17) is 5.11 Å². The van der Waals surface area contributed by atoms with Crippen molar-refractivity contribution in [3.8, 4) is 0 Å². The number of carbonyl (C=O) groups is 1. The maximum atomic E-state index is 11.2. The highest BCUT2D eigenvalue weighted by Crippen LogP contribution is 2.68. The number of aliphatic carboxylic acids is 1. The number of fused-ring (bicyclic) bond motifs is 5. The first-order valence-corrected chi connectivity index (χ1v) is 11.7. The Balaban J connectivity index is 1.55. The van der Waals surface area contributed by atoms with Gasteiger partial charge in [-0.2, -0.15) is 0 Å².